The first kappa shape index (κ1) is 15.3. The Morgan fingerprint density at radius 1 is 1.26 bits per heavy atom. The highest BCUT2D eigenvalue weighted by Gasteiger charge is 2.21. The van der Waals surface area contributed by atoms with Crippen molar-refractivity contribution in [2.45, 2.75) is 13.2 Å². The molecule has 7 nitrogen and oxygen atoms in total. The minimum Gasteiger partial charge on any atom is -0.456 e. The summed E-state index contributed by atoms with van der Waals surface area (Å²) in [5.74, 6) is 0.621. The molecule has 3 rings (SSSR count). The Morgan fingerprint density at radius 3 is 2.78 bits per heavy atom. The van der Waals surface area contributed by atoms with Gasteiger partial charge >= 0.3 is 0 Å². The normalized spacial score (nSPS) is 15.3. The molecule has 2 aromatic rings. The number of H-pyrrole nitrogens is 1. The summed E-state index contributed by atoms with van der Waals surface area (Å²) in [5.41, 5.74) is 0.573. The molecule has 2 aromatic heterocycles. The lowest BCUT2D eigenvalue weighted by Crippen LogP contribution is -2.18. The number of amides is 1. The summed E-state index contributed by atoms with van der Waals surface area (Å²) < 4.78 is 16.2. The standard InChI is InChI=1S/C16H16N2O5/c1-10-2-5-12(15(20)17-10)18-14(19)7-4-11-3-6-13(23-11)16-21-8-9-22-16/h2-7,16H,8-9H2,1H3,(H,17,20)(H,18,19). The van der Waals surface area contributed by atoms with E-state index in [1.165, 1.54) is 12.2 Å². The second-order valence-electron chi connectivity index (χ2n) is 5.02. The van der Waals surface area contributed by atoms with Crippen LogP contribution in [0.15, 0.2) is 39.6 Å². The van der Waals surface area contributed by atoms with Gasteiger partial charge in [0, 0.05) is 11.8 Å². The lowest BCUT2D eigenvalue weighted by Gasteiger charge is -2.03. The highest BCUT2D eigenvalue weighted by Crippen LogP contribution is 2.25. The van der Waals surface area contributed by atoms with Crippen LogP contribution in [0.4, 0.5) is 5.69 Å². The topological polar surface area (TPSA) is 93.6 Å². The molecule has 0 aromatic carbocycles. The Hall–Kier alpha value is -2.64. The van der Waals surface area contributed by atoms with E-state index in [1.54, 1.807) is 31.2 Å². The molecule has 1 aliphatic rings. The number of carbonyl (C=O) groups is 1. The van der Waals surface area contributed by atoms with Crippen molar-refractivity contribution < 1.29 is 18.7 Å². The first-order valence-corrected chi connectivity index (χ1v) is 7.14. The molecule has 0 aliphatic carbocycles. The van der Waals surface area contributed by atoms with Crippen LogP contribution in [0.25, 0.3) is 6.08 Å². The van der Waals surface area contributed by atoms with Gasteiger partial charge in [0.05, 0.1) is 13.2 Å². The van der Waals surface area contributed by atoms with E-state index in [1.807, 2.05) is 0 Å². The molecule has 120 valence electrons. The van der Waals surface area contributed by atoms with E-state index in [9.17, 15) is 9.59 Å². The largest absolute Gasteiger partial charge is 0.456 e. The molecular formula is C16H16N2O5. The maximum atomic E-state index is 11.8. The predicted octanol–water partition coefficient (Wildman–Crippen LogP) is 1.97. The predicted molar refractivity (Wildman–Crippen MR) is 82.8 cm³/mol. The smallest absolute Gasteiger partial charge is 0.271 e. The van der Waals surface area contributed by atoms with Crippen LogP contribution in [-0.2, 0) is 14.3 Å². The van der Waals surface area contributed by atoms with Crippen LogP contribution in [0.1, 0.15) is 23.5 Å². The molecule has 0 saturated carbocycles. The summed E-state index contributed by atoms with van der Waals surface area (Å²) in [4.78, 5) is 26.1. The average Bonchev–Trinajstić information content (AvgIpc) is 3.18. The average molecular weight is 316 g/mol. The Labute approximate surface area is 131 Å². The summed E-state index contributed by atoms with van der Waals surface area (Å²) in [6.45, 7) is 2.83. The third-order valence-electron chi connectivity index (χ3n) is 3.21. The van der Waals surface area contributed by atoms with Gasteiger partial charge in [-0.1, -0.05) is 0 Å². The zero-order valence-electron chi connectivity index (χ0n) is 12.5. The van der Waals surface area contributed by atoms with Crippen LogP contribution in [0, 0.1) is 6.92 Å². The van der Waals surface area contributed by atoms with Gasteiger partial charge < -0.3 is 24.2 Å². The van der Waals surface area contributed by atoms with Gasteiger partial charge in [-0.15, -0.1) is 0 Å². The van der Waals surface area contributed by atoms with Crippen LogP contribution in [0.5, 0.6) is 0 Å². The fourth-order valence-electron chi connectivity index (χ4n) is 2.11. The van der Waals surface area contributed by atoms with E-state index < -0.39 is 12.2 Å². The van der Waals surface area contributed by atoms with E-state index in [4.69, 9.17) is 13.9 Å². The van der Waals surface area contributed by atoms with Crippen molar-refractivity contribution in [3.05, 3.63) is 57.9 Å². The number of aryl methyl sites for hydroxylation is 1. The second kappa shape index (κ2) is 6.64. The van der Waals surface area contributed by atoms with Crippen molar-refractivity contribution in [2.75, 3.05) is 18.5 Å². The summed E-state index contributed by atoms with van der Waals surface area (Å²) in [6.07, 6.45) is 2.31. The van der Waals surface area contributed by atoms with Crippen LogP contribution in [0.3, 0.4) is 0 Å². The molecule has 1 saturated heterocycles. The van der Waals surface area contributed by atoms with Crippen molar-refractivity contribution in [3.63, 3.8) is 0 Å². The zero-order valence-corrected chi connectivity index (χ0v) is 12.5. The van der Waals surface area contributed by atoms with Gasteiger partial charge in [0.1, 0.15) is 11.4 Å². The molecule has 3 heterocycles. The minimum atomic E-state index is -0.489. The SMILES string of the molecule is Cc1ccc(NC(=O)C=Cc2ccc(C3OCCO3)o2)c(=O)[nH]1. The summed E-state index contributed by atoms with van der Waals surface area (Å²) >= 11 is 0. The molecule has 1 aliphatic heterocycles. The van der Waals surface area contributed by atoms with Crippen molar-refractivity contribution >= 4 is 17.7 Å². The number of hydrogen-bond acceptors (Lipinski definition) is 5. The molecule has 7 heteroatoms. The number of anilines is 1. The van der Waals surface area contributed by atoms with Crippen molar-refractivity contribution in [2.24, 2.45) is 0 Å². The molecule has 1 amide bonds. The molecule has 0 bridgehead atoms. The van der Waals surface area contributed by atoms with Crippen LogP contribution in [0.2, 0.25) is 0 Å². The number of rotatable bonds is 4. The minimum absolute atomic E-state index is 0.193. The number of furan rings is 1. The highest BCUT2D eigenvalue weighted by atomic mass is 16.7. The van der Waals surface area contributed by atoms with Crippen molar-refractivity contribution in [1.82, 2.24) is 4.98 Å². The van der Waals surface area contributed by atoms with Crippen LogP contribution >= 0.6 is 0 Å². The number of ether oxygens (including phenoxy) is 2. The molecule has 23 heavy (non-hydrogen) atoms. The van der Waals surface area contributed by atoms with E-state index in [0.717, 1.165) is 5.69 Å². The number of pyridine rings is 1. The van der Waals surface area contributed by atoms with Gasteiger partial charge in [-0.25, -0.2) is 0 Å². The molecule has 0 unspecified atom stereocenters. The lowest BCUT2D eigenvalue weighted by atomic mass is 10.3. The van der Waals surface area contributed by atoms with Gasteiger partial charge in [0.25, 0.3) is 5.56 Å². The zero-order chi connectivity index (χ0) is 16.2. The molecule has 0 spiro atoms. The van der Waals surface area contributed by atoms with E-state index in [-0.39, 0.29) is 11.2 Å². The van der Waals surface area contributed by atoms with E-state index >= 15 is 0 Å². The fraction of sp³-hybridized carbons (Fsp3) is 0.250. The van der Waals surface area contributed by atoms with Gasteiger partial charge in [0.2, 0.25) is 12.2 Å². The number of aromatic nitrogens is 1. The maximum absolute atomic E-state index is 11.8. The molecule has 0 atom stereocenters. The molecule has 2 N–H and O–H groups in total. The number of nitrogens with one attached hydrogen (secondary N) is 2. The Kier molecular flexibility index (Phi) is 4.40. The lowest BCUT2D eigenvalue weighted by molar-refractivity contribution is -0.111. The first-order chi connectivity index (χ1) is 11.1. The molecule has 0 radical (unpaired) electrons. The number of carbonyl (C=O) groups excluding carboxylic acids is 1. The second-order valence-corrected chi connectivity index (χ2v) is 5.02. The summed E-state index contributed by atoms with van der Waals surface area (Å²) in [5, 5.41) is 2.51. The van der Waals surface area contributed by atoms with E-state index in [0.29, 0.717) is 24.7 Å². The van der Waals surface area contributed by atoms with Crippen molar-refractivity contribution in [3.8, 4) is 0 Å². The monoisotopic (exact) mass is 316 g/mol. The molecular weight excluding hydrogens is 300 g/mol. The quantitative estimate of drug-likeness (QED) is 0.841. The van der Waals surface area contributed by atoms with Gasteiger partial charge in [-0.3, -0.25) is 9.59 Å². The third kappa shape index (κ3) is 3.77. The maximum Gasteiger partial charge on any atom is 0.271 e. The van der Waals surface area contributed by atoms with Crippen LogP contribution < -0.4 is 10.9 Å². The van der Waals surface area contributed by atoms with Gasteiger partial charge in [0.15, 0.2) is 5.76 Å². The van der Waals surface area contributed by atoms with E-state index in [2.05, 4.69) is 10.3 Å². The summed E-state index contributed by atoms with van der Waals surface area (Å²) in [7, 11) is 0. The first-order valence-electron chi connectivity index (χ1n) is 7.14. The Morgan fingerprint density at radius 2 is 2.04 bits per heavy atom. The van der Waals surface area contributed by atoms with Gasteiger partial charge in [-0.2, -0.15) is 0 Å². The van der Waals surface area contributed by atoms with Crippen molar-refractivity contribution in [1.29, 1.82) is 0 Å². The number of aromatic amines is 1. The van der Waals surface area contributed by atoms with Gasteiger partial charge in [-0.05, 0) is 37.3 Å². The van der Waals surface area contributed by atoms with Crippen LogP contribution in [-0.4, -0.2) is 24.1 Å². The third-order valence-corrected chi connectivity index (χ3v) is 3.21. The fourth-order valence-corrected chi connectivity index (χ4v) is 2.11. The Bertz CT molecular complexity index is 784. The number of hydrogen-bond donors (Lipinski definition) is 2. The molecule has 1 fully saturated rings. The summed E-state index contributed by atoms with van der Waals surface area (Å²) in [6, 6.07) is 6.71. The Balaban J connectivity index is 1.63. The highest BCUT2D eigenvalue weighted by molar-refractivity contribution is 6.01.